The molecule has 6 N–H and O–H groups in total. The van der Waals surface area contributed by atoms with Crippen LogP contribution in [0.3, 0.4) is 0 Å². The topological polar surface area (TPSA) is 147 Å². The van der Waals surface area contributed by atoms with Gasteiger partial charge in [0.15, 0.2) is 0 Å². The minimum absolute atomic E-state index is 0.151. The lowest BCUT2D eigenvalue weighted by atomic mass is 9.52. The largest absolute Gasteiger partial charge is 0.508 e. The van der Waals surface area contributed by atoms with E-state index in [2.05, 4.69) is 23.8 Å². The van der Waals surface area contributed by atoms with E-state index in [0.717, 1.165) is 38.5 Å². The van der Waals surface area contributed by atoms with Gasteiger partial charge in [-0.1, -0.05) is 38.1 Å². The number of aryl methyl sites for hydroxylation is 2. The second-order valence-corrected chi connectivity index (χ2v) is 15.3. The molecule has 0 amide bonds. The van der Waals surface area contributed by atoms with Gasteiger partial charge in [-0.05, 0) is 147 Å². The molecule has 0 aliphatic heterocycles. The van der Waals surface area contributed by atoms with Crippen molar-refractivity contribution in [1.29, 1.82) is 0 Å². The van der Waals surface area contributed by atoms with Crippen molar-refractivity contribution in [2.75, 3.05) is 0 Å². The first-order valence-corrected chi connectivity index (χ1v) is 18.3. The number of nitrogens with zero attached hydrogens (tertiary/aromatic N) is 2. The molecule has 0 bridgehead atoms. The first-order chi connectivity index (χ1) is 24.0. The number of fused-ring (bicyclic) bond motifs is 6. The molecule has 4 aromatic rings. The third kappa shape index (κ3) is 5.52. The van der Waals surface area contributed by atoms with E-state index in [0.29, 0.717) is 48.6 Å². The molecule has 0 unspecified atom stereocenters. The molecule has 50 heavy (non-hydrogen) atoms. The zero-order chi connectivity index (χ0) is 35.3. The quantitative estimate of drug-likeness (QED) is 0.152. The van der Waals surface area contributed by atoms with E-state index in [1.54, 1.807) is 36.7 Å². The summed E-state index contributed by atoms with van der Waals surface area (Å²) < 4.78 is 0. The number of hydrogen-bond donors (Lipinski definition) is 6. The summed E-state index contributed by atoms with van der Waals surface area (Å²) in [6.45, 7) is 4.32. The summed E-state index contributed by atoms with van der Waals surface area (Å²) in [6.07, 6.45) is 9.16. The number of phenolic OH excluding ortho intramolecular Hbond substituents is 2. The summed E-state index contributed by atoms with van der Waals surface area (Å²) in [5, 5.41) is 64.2. The third-order valence-electron chi connectivity index (χ3n) is 13.1. The van der Waals surface area contributed by atoms with E-state index < -0.39 is 23.4 Å². The molecule has 4 aliphatic rings. The van der Waals surface area contributed by atoms with Crippen molar-refractivity contribution in [1.82, 2.24) is 9.97 Å². The second kappa shape index (κ2) is 13.1. The standard InChI is InChI=1S/2C21H25NO3/c2*1-2-20-13-19(24)21(25,18-5-3-4-10-22-18)12-15(20)7-6-14-11-16(23)8-9-17(14)20/h2*3-5,8-11,15,19,23-25H,2,6-7,12-13H2,1H3/t15-,19+,20-,21-;15-,19-,20-,21-/m11/s1. The molecule has 8 atom stereocenters. The normalized spacial score (nSPS) is 34.2. The number of aromatic nitrogens is 2. The Kier molecular flexibility index (Phi) is 9.04. The number of phenols is 2. The smallest absolute Gasteiger partial charge is 0.132 e. The van der Waals surface area contributed by atoms with Crippen LogP contribution in [-0.2, 0) is 34.9 Å². The first-order valence-electron chi connectivity index (χ1n) is 18.3. The van der Waals surface area contributed by atoms with Gasteiger partial charge in [0.05, 0.1) is 23.6 Å². The third-order valence-corrected chi connectivity index (χ3v) is 13.1. The van der Waals surface area contributed by atoms with Crippen molar-refractivity contribution in [3.05, 3.63) is 119 Å². The summed E-state index contributed by atoms with van der Waals surface area (Å²) in [4.78, 5) is 8.65. The fourth-order valence-electron chi connectivity index (χ4n) is 10.4. The van der Waals surface area contributed by atoms with Gasteiger partial charge in [-0.15, -0.1) is 0 Å². The number of aliphatic hydroxyl groups is 4. The molecule has 2 aromatic carbocycles. The predicted molar refractivity (Wildman–Crippen MR) is 191 cm³/mol. The van der Waals surface area contributed by atoms with Crippen LogP contribution >= 0.6 is 0 Å². The maximum atomic E-state index is 11.3. The second-order valence-electron chi connectivity index (χ2n) is 15.3. The van der Waals surface area contributed by atoms with Gasteiger partial charge in [-0.25, -0.2) is 0 Å². The Morgan fingerprint density at radius 3 is 1.38 bits per heavy atom. The fourth-order valence-corrected chi connectivity index (χ4v) is 10.4. The number of rotatable bonds is 4. The lowest BCUT2D eigenvalue weighted by Gasteiger charge is -2.54. The molecule has 2 saturated carbocycles. The summed E-state index contributed by atoms with van der Waals surface area (Å²) in [6, 6.07) is 22.2. The van der Waals surface area contributed by atoms with Crippen LogP contribution in [0.4, 0.5) is 0 Å². The molecule has 2 heterocycles. The predicted octanol–water partition coefficient (Wildman–Crippen LogP) is 6.08. The van der Waals surface area contributed by atoms with Gasteiger partial charge in [0.2, 0.25) is 0 Å². The van der Waals surface area contributed by atoms with E-state index in [1.165, 1.54) is 22.3 Å². The minimum Gasteiger partial charge on any atom is -0.508 e. The maximum Gasteiger partial charge on any atom is 0.132 e. The van der Waals surface area contributed by atoms with Gasteiger partial charge in [-0.2, -0.15) is 0 Å². The molecule has 0 saturated heterocycles. The van der Waals surface area contributed by atoms with Crippen LogP contribution in [-0.4, -0.2) is 52.8 Å². The summed E-state index contributed by atoms with van der Waals surface area (Å²) >= 11 is 0. The Bertz CT molecular complexity index is 1690. The number of hydrogen-bond acceptors (Lipinski definition) is 8. The Hall–Kier alpha value is -3.82. The van der Waals surface area contributed by atoms with Crippen LogP contribution in [0.25, 0.3) is 0 Å². The van der Waals surface area contributed by atoms with Crippen LogP contribution in [0.1, 0.15) is 98.9 Å². The Labute approximate surface area is 294 Å². The van der Waals surface area contributed by atoms with Gasteiger partial charge in [0.25, 0.3) is 0 Å². The Morgan fingerprint density at radius 2 is 1.02 bits per heavy atom. The lowest BCUT2D eigenvalue weighted by molar-refractivity contribution is -0.148. The van der Waals surface area contributed by atoms with E-state index in [9.17, 15) is 30.6 Å². The van der Waals surface area contributed by atoms with Gasteiger partial charge in [-0.3, -0.25) is 9.97 Å². The lowest BCUT2D eigenvalue weighted by Crippen LogP contribution is -2.56. The number of aromatic hydroxyl groups is 2. The highest BCUT2D eigenvalue weighted by Crippen LogP contribution is 2.58. The maximum absolute atomic E-state index is 11.3. The van der Waals surface area contributed by atoms with Crippen LogP contribution in [0.2, 0.25) is 0 Å². The minimum atomic E-state index is -1.29. The number of aliphatic hydroxyl groups excluding tert-OH is 2. The highest BCUT2D eigenvalue weighted by atomic mass is 16.3. The first kappa shape index (κ1) is 34.6. The van der Waals surface area contributed by atoms with Crippen molar-refractivity contribution in [2.24, 2.45) is 11.8 Å². The number of pyridine rings is 2. The van der Waals surface area contributed by atoms with Gasteiger partial charge < -0.3 is 30.6 Å². The van der Waals surface area contributed by atoms with E-state index >= 15 is 0 Å². The Morgan fingerprint density at radius 1 is 0.600 bits per heavy atom. The molecule has 8 rings (SSSR count). The monoisotopic (exact) mass is 678 g/mol. The van der Waals surface area contributed by atoms with E-state index in [4.69, 9.17) is 0 Å². The molecule has 2 fully saturated rings. The van der Waals surface area contributed by atoms with E-state index in [1.807, 2.05) is 48.5 Å². The summed E-state index contributed by atoms with van der Waals surface area (Å²) in [5.74, 6) is 1.16. The van der Waals surface area contributed by atoms with Gasteiger partial charge >= 0.3 is 0 Å². The zero-order valence-corrected chi connectivity index (χ0v) is 29.0. The van der Waals surface area contributed by atoms with Crippen molar-refractivity contribution in [3.63, 3.8) is 0 Å². The molecular formula is C42H50N2O6. The fraction of sp³-hybridized carbons (Fsp3) is 0.476. The SMILES string of the molecule is CC[C@@]12C[C@@H](O)[C@](O)(c3ccccn3)C[C@H]1CCc1cc(O)ccc12.CC[C@@]12C[C@H](O)[C@](O)(c3ccccn3)C[C@H]1CCc1cc(O)ccc12. The molecule has 2 aromatic heterocycles. The number of benzene rings is 2. The molecule has 0 spiro atoms. The van der Waals surface area contributed by atoms with Crippen molar-refractivity contribution in [3.8, 4) is 11.5 Å². The van der Waals surface area contributed by atoms with Crippen molar-refractivity contribution >= 4 is 0 Å². The van der Waals surface area contributed by atoms with Gasteiger partial charge in [0.1, 0.15) is 22.7 Å². The average molecular weight is 679 g/mol. The molecular weight excluding hydrogens is 628 g/mol. The zero-order valence-electron chi connectivity index (χ0n) is 29.0. The Balaban J connectivity index is 0.000000157. The summed E-state index contributed by atoms with van der Waals surface area (Å²) in [7, 11) is 0. The van der Waals surface area contributed by atoms with Crippen LogP contribution in [0, 0.1) is 11.8 Å². The van der Waals surface area contributed by atoms with E-state index in [-0.39, 0.29) is 22.7 Å². The van der Waals surface area contributed by atoms with Gasteiger partial charge in [0, 0.05) is 23.2 Å². The van der Waals surface area contributed by atoms with Crippen molar-refractivity contribution < 1.29 is 30.6 Å². The van der Waals surface area contributed by atoms with Crippen LogP contribution < -0.4 is 0 Å². The molecule has 4 aliphatic carbocycles. The molecule has 0 radical (unpaired) electrons. The average Bonchev–Trinajstić information content (AvgIpc) is 3.13. The van der Waals surface area contributed by atoms with Crippen molar-refractivity contribution in [2.45, 2.75) is 112 Å². The molecule has 8 nitrogen and oxygen atoms in total. The highest BCUT2D eigenvalue weighted by molar-refractivity contribution is 5.45. The molecule has 264 valence electrons. The van der Waals surface area contributed by atoms with Crippen LogP contribution in [0.5, 0.6) is 11.5 Å². The summed E-state index contributed by atoms with van der Waals surface area (Å²) in [5.41, 5.74) is 3.04. The van der Waals surface area contributed by atoms with Crippen LogP contribution in [0.15, 0.2) is 85.2 Å². The highest BCUT2D eigenvalue weighted by Gasteiger charge is 2.57. The molecule has 8 heteroatoms.